The zero-order chi connectivity index (χ0) is 13.0. The van der Waals surface area contributed by atoms with Crippen LogP contribution in [0.4, 0.5) is 5.82 Å². The van der Waals surface area contributed by atoms with E-state index in [1.165, 1.54) is 13.3 Å². The number of nitrogens with one attached hydrogen (secondary N) is 2. The normalized spacial score (nSPS) is 14.1. The summed E-state index contributed by atoms with van der Waals surface area (Å²) in [5.74, 6) is 0.861. The van der Waals surface area contributed by atoms with E-state index in [9.17, 15) is 4.79 Å². The molecule has 6 nitrogen and oxygen atoms in total. The maximum Gasteiger partial charge on any atom is 0.318 e. The van der Waals surface area contributed by atoms with Crippen LogP contribution in [-0.4, -0.2) is 36.1 Å². The van der Waals surface area contributed by atoms with Crippen LogP contribution < -0.4 is 15.4 Å². The molecule has 7 heteroatoms. The number of methoxy groups -OCH3 is 1. The zero-order valence-electron chi connectivity index (χ0n) is 10.1. The van der Waals surface area contributed by atoms with E-state index in [0.29, 0.717) is 23.9 Å². The molecule has 0 spiro atoms. The number of hydrogen-bond donors (Lipinski definition) is 2. The van der Waals surface area contributed by atoms with Crippen molar-refractivity contribution in [3.05, 3.63) is 11.2 Å². The number of amides is 1. The molecular formula is C11H15ClN4O2. The molecule has 2 rings (SSSR count). The molecule has 18 heavy (non-hydrogen) atoms. The zero-order valence-corrected chi connectivity index (χ0v) is 10.8. The smallest absolute Gasteiger partial charge is 0.318 e. The van der Waals surface area contributed by atoms with Crippen molar-refractivity contribution in [3.8, 4) is 6.01 Å². The fourth-order valence-electron chi connectivity index (χ4n) is 1.43. The number of ether oxygens (including phenoxy) is 1. The van der Waals surface area contributed by atoms with Gasteiger partial charge < -0.3 is 15.4 Å². The highest BCUT2D eigenvalue weighted by Crippen LogP contribution is 2.28. The molecule has 0 unspecified atom stereocenters. The Labute approximate surface area is 110 Å². The molecule has 1 aromatic rings. The summed E-state index contributed by atoms with van der Waals surface area (Å²) in [6.45, 7) is 1.09. The van der Waals surface area contributed by atoms with Crippen molar-refractivity contribution in [1.29, 1.82) is 0 Å². The van der Waals surface area contributed by atoms with E-state index in [2.05, 4.69) is 20.6 Å². The van der Waals surface area contributed by atoms with Crippen LogP contribution in [0.15, 0.2) is 6.20 Å². The standard InChI is InChI=1S/C11H15ClN4O2/c1-18-11-15-6-8(12)9(16-11)13-4-5-14-10(17)7-2-3-7/h6-7H,2-5H2,1H3,(H,14,17)(H,13,15,16). The van der Waals surface area contributed by atoms with Gasteiger partial charge in [-0.05, 0) is 12.8 Å². The van der Waals surface area contributed by atoms with Gasteiger partial charge in [0.05, 0.1) is 13.3 Å². The van der Waals surface area contributed by atoms with Crippen molar-refractivity contribution in [2.75, 3.05) is 25.5 Å². The molecule has 98 valence electrons. The largest absolute Gasteiger partial charge is 0.467 e. The van der Waals surface area contributed by atoms with Crippen LogP contribution in [0.2, 0.25) is 5.02 Å². The average Bonchev–Trinajstić information content (AvgIpc) is 3.20. The Kier molecular flexibility index (Phi) is 4.19. The molecule has 1 aromatic heterocycles. The van der Waals surface area contributed by atoms with Gasteiger partial charge in [0.15, 0.2) is 5.82 Å². The summed E-state index contributed by atoms with van der Waals surface area (Å²) in [6.07, 6.45) is 3.49. The number of rotatable bonds is 6. The highest BCUT2D eigenvalue weighted by atomic mass is 35.5. The van der Waals surface area contributed by atoms with Crippen LogP contribution in [0.5, 0.6) is 6.01 Å². The molecule has 1 fully saturated rings. The molecule has 1 aliphatic rings. The number of carbonyl (C=O) groups is 1. The first-order valence-corrected chi connectivity index (χ1v) is 6.16. The number of nitrogens with zero attached hydrogens (tertiary/aromatic N) is 2. The van der Waals surface area contributed by atoms with Crippen molar-refractivity contribution in [3.63, 3.8) is 0 Å². The summed E-state index contributed by atoms with van der Waals surface area (Å²) >= 11 is 5.92. The molecule has 0 atom stereocenters. The third kappa shape index (κ3) is 3.46. The summed E-state index contributed by atoms with van der Waals surface area (Å²) in [4.78, 5) is 19.3. The fraction of sp³-hybridized carbons (Fsp3) is 0.545. The molecule has 0 radical (unpaired) electrons. The van der Waals surface area contributed by atoms with Gasteiger partial charge in [0.1, 0.15) is 5.02 Å². The van der Waals surface area contributed by atoms with Gasteiger partial charge in [0.25, 0.3) is 0 Å². The minimum Gasteiger partial charge on any atom is -0.467 e. The molecule has 1 aliphatic carbocycles. The van der Waals surface area contributed by atoms with Gasteiger partial charge in [0, 0.05) is 19.0 Å². The second-order valence-corrected chi connectivity index (χ2v) is 4.45. The van der Waals surface area contributed by atoms with E-state index in [0.717, 1.165) is 12.8 Å². The summed E-state index contributed by atoms with van der Waals surface area (Å²) in [5, 5.41) is 6.29. The van der Waals surface area contributed by atoms with Crippen molar-refractivity contribution in [2.45, 2.75) is 12.8 Å². The first-order valence-electron chi connectivity index (χ1n) is 5.79. The van der Waals surface area contributed by atoms with E-state index in [-0.39, 0.29) is 17.8 Å². The Balaban J connectivity index is 1.76. The molecule has 0 bridgehead atoms. The fourth-order valence-corrected chi connectivity index (χ4v) is 1.59. The highest BCUT2D eigenvalue weighted by Gasteiger charge is 2.28. The second kappa shape index (κ2) is 5.86. The first-order chi connectivity index (χ1) is 8.70. The van der Waals surface area contributed by atoms with E-state index in [4.69, 9.17) is 16.3 Å². The van der Waals surface area contributed by atoms with Gasteiger partial charge in [-0.3, -0.25) is 4.79 Å². The minimum atomic E-state index is 0.128. The van der Waals surface area contributed by atoms with Gasteiger partial charge >= 0.3 is 6.01 Å². The minimum absolute atomic E-state index is 0.128. The lowest BCUT2D eigenvalue weighted by Crippen LogP contribution is -2.30. The lowest BCUT2D eigenvalue weighted by atomic mass is 10.4. The average molecular weight is 271 g/mol. The van der Waals surface area contributed by atoms with Gasteiger partial charge in [0.2, 0.25) is 5.91 Å². The molecule has 0 saturated heterocycles. The van der Waals surface area contributed by atoms with E-state index in [1.807, 2.05) is 0 Å². The maximum atomic E-state index is 11.4. The van der Waals surface area contributed by atoms with Gasteiger partial charge in [-0.2, -0.15) is 4.98 Å². The van der Waals surface area contributed by atoms with E-state index < -0.39 is 0 Å². The van der Waals surface area contributed by atoms with Crippen LogP contribution in [0.3, 0.4) is 0 Å². The predicted molar refractivity (Wildman–Crippen MR) is 67.8 cm³/mol. The monoisotopic (exact) mass is 270 g/mol. The Morgan fingerprint density at radius 3 is 3.00 bits per heavy atom. The number of hydrogen-bond acceptors (Lipinski definition) is 5. The molecule has 1 amide bonds. The van der Waals surface area contributed by atoms with Crippen LogP contribution >= 0.6 is 11.6 Å². The lowest BCUT2D eigenvalue weighted by molar-refractivity contribution is -0.122. The lowest BCUT2D eigenvalue weighted by Gasteiger charge is -2.08. The SMILES string of the molecule is COc1ncc(Cl)c(NCCNC(=O)C2CC2)n1. The molecule has 1 heterocycles. The van der Waals surface area contributed by atoms with Crippen LogP contribution in [0.25, 0.3) is 0 Å². The third-order valence-electron chi connectivity index (χ3n) is 2.57. The van der Waals surface area contributed by atoms with E-state index >= 15 is 0 Å². The molecule has 0 aliphatic heterocycles. The molecule has 2 N–H and O–H groups in total. The Bertz CT molecular complexity index is 437. The number of aromatic nitrogens is 2. The van der Waals surface area contributed by atoms with Gasteiger partial charge in [-0.25, -0.2) is 4.98 Å². The highest BCUT2D eigenvalue weighted by molar-refractivity contribution is 6.32. The Hall–Kier alpha value is -1.56. The van der Waals surface area contributed by atoms with Crippen molar-refractivity contribution >= 4 is 23.3 Å². The Morgan fingerprint density at radius 2 is 2.33 bits per heavy atom. The second-order valence-electron chi connectivity index (χ2n) is 4.05. The summed E-state index contributed by atoms with van der Waals surface area (Å²) in [5.41, 5.74) is 0. The number of anilines is 1. The topological polar surface area (TPSA) is 76.1 Å². The summed E-state index contributed by atoms with van der Waals surface area (Å²) < 4.78 is 4.90. The molecule has 1 saturated carbocycles. The Morgan fingerprint density at radius 1 is 1.56 bits per heavy atom. The van der Waals surface area contributed by atoms with Crippen molar-refractivity contribution in [2.24, 2.45) is 5.92 Å². The van der Waals surface area contributed by atoms with Crippen molar-refractivity contribution in [1.82, 2.24) is 15.3 Å². The van der Waals surface area contributed by atoms with Gasteiger partial charge in [-0.1, -0.05) is 11.6 Å². The summed E-state index contributed by atoms with van der Waals surface area (Å²) in [7, 11) is 1.49. The van der Waals surface area contributed by atoms with E-state index in [1.54, 1.807) is 0 Å². The quantitative estimate of drug-likeness (QED) is 0.757. The molecule has 0 aromatic carbocycles. The van der Waals surface area contributed by atoms with Crippen molar-refractivity contribution < 1.29 is 9.53 Å². The van der Waals surface area contributed by atoms with Gasteiger partial charge in [-0.15, -0.1) is 0 Å². The number of carbonyl (C=O) groups excluding carboxylic acids is 1. The number of halogens is 1. The first kappa shape index (κ1) is 12.9. The molecular weight excluding hydrogens is 256 g/mol. The third-order valence-corrected chi connectivity index (χ3v) is 2.85. The summed E-state index contributed by atoms with van der Waals surface area (Å²) in [6, 6.07) is 0.254. The maximum absolute atomic E-state index is 11.4. The predicted octanol–water partition coefficient (Wildman–Crippen LogP) is 1.08. The van der Waals surface area contributed by atoms with Crippen LogP contribution in [0.1, 0.15) is 12.8 Å². The van der Waals surface area contributed by atoms with Crippen LogP contribution in [0, 0.1) is 5.92 Å². The van der Waals surface area contributed by atoms with Crippen LogP contribution in [-0.2, 0) is 4.79 Å².